The van der Waals surface area contributed by atoms with E-state index in [1.807, 2.05) is 6.92 Å². The third-order valence-corrected chi connectivity index (χ3v) is 10.9. The van der Waals surface area contributed by atoms with Gasteiger partial charge in [0.1, 0.15) is 6.54 Å². The van der Waals surface area contributed by atoms with Gasteiger partial charge in [-0.1, -0.05) is 156 Å². The molecule has 0 aliphatic heterocycles. The number of aliphatic imine (C=N–C) groups is 1. The number of rotatable bonds is 42. The molecule has 0 bridgehead atoms. The summed E-state index contributed by atoms with van der Waals surface area (Å²) in [6, 6.07) is 0. The highest BCUT2D eigenvalue weighted by Crippen LogP contribution is 2.22. The van der Waals surface area contributed by atoms with Crippen LogP contribution in [-0.4, -0.2) is 62.7 Å². The molecule has 60 heavy (non-hydrogen) atoms. The van der Waals surface area contributed by atoms with Crippen molar-refractivity contribution in [3.63, 3.8) is 0 Å². The fraction of sp³-hybridized carbons (Fsp3) is 0.898. The van der Waals surface area contributed by atoms with E-state index in [1.165, 1.54) is 103 Å². The Morgan fingerprint density at radius 1 is 0.450 bits per heavy atom. The maximum absolute atomic E-state index is 12.8. The minimum absolute atomic E-state index is 0.0114. The van der Waals surface area contributed by atoms with Gasteiger partial charge in [0.2, 0.25) is 5.91 Å². The summed E-state index contributed by atoms with van der Waals surface area (Å²) in [5.41, 5.74) is 9.86. The van der Waals surface area contributed by atoms with E-state index in [0.29, 0.717) is 39.2 Å². The molecule has 0 saturated heterocycles. The van der Waals surface area contributed by atoms with Crippen LogP contribution < -0.4 is 16.8 Å². The van der Waals surface area contributed by atoms with Gasteiger partial charge in [-0.3, -0.25) is 24.2 Å². The van der Waals surface area contributed by atoms with Crippen molar-refractivity contribution in [2.75, 3.05) is 32.9 Å². The largest absolute Gasteiger partial charge is 0.465 e. The number of nitrogens with zero attached hydrogens (tertiary/aromatic N) is 1. The average molecular weight is 853 g/mol. The molecule has 1 amide bonds. The Balaban J connectivity index is 0. The molecular formula is C49H96N4O7. The molecule has 2 atom stereocenters. The Hall–Kier alpha value is -2.85. The van der Waals surface area contributed by atoms with Gasteiger partial charge < -0.3 is 31.0 Å². The first-order chi connectivity index (χ1) is 29.2. The summed E-state index contributed by atoms with van der Waals surface area (Å²) in [7, 11) is 0. The summed E-state index contributed by atoms with van der Waals surface area (Å²) in [6.07, 6.45) is 33.8. The highest BCUT2D eigenvalue weighted by atomic mass is 16.5. The second kappa shape index (κ2) is 47.2. The number of guanidine groups is 1. The van der Waals surface area contributed by atoms with Crippen molar-refractivity contribution in [3.05, 3.63) is 0 Å². The number of hydrogen-bond donors (Lipinski definition) is 3. The van der Waals surface area contributed by atoms with Crippen LogP contribution in [-0.2, 0) is 33.4 Å². The number of unbranched alkanes of at least 4 members (excludes halogenated alkanes) is 21. The zero-order valence-corrected chi connectivity index (χ0v) is 39.8. The molecule has 0 aromatic rings. The summed E-state index contributed by atoms with van der Waals surface area (Å²) >= 11 is 0. The van der Waals surface area contributed by atoms with Gasteiger partial charge in [-0.25, -0.2) is 0 Å². The van der Waals surface area contributed by atoms with Crippen molar-refractivity contribution in [1.29, 1.82) is 0 Å². The molecule has 2 unspecified atom stereocenters. The summed E-state index contributed by atoms with van der Waals surface area (Å²) < 4.78 is 16.6. The van der Waals surface area contributed by atoms with Crippen LogP contribution in [0, 0.1) is 11.8 Å². The molecule has 354 valence electrons. The lowest BCUT2D eigenvalue weighted by atomic mass is 9.94. The molecule has 0 rings (SSSR count). The lowest BCUT2D eigenvalue weighted by Gasteiger charge is -2.16. The molecule has 0 aliphatic rings. The van der Waals surface area contributed by atoms with Gasteiger partial charge in [0.15, 0.2) is 5.96 Å². The van der Waals surface area contributed by atoms with Gasteiger partial charge >= 0.3 is 17.9 Å². The first-order valence-electron chi connectivity index (χ1n) is 25.0. The minimum atomic E-state index is -0.426. The lowest BCUT2D eigenvalue weighted by molar-refractivity contribution is -0.150. The first kappa shape index (κ1) is 59.2. The van der Waals surface area contributed by atoms with Crippen LogP contribution in [0.3, 0.4) is 0 Å². The summed E-state index contributed by atoms with van der Waals surface area (Å²) in [4.78, 5) is 53.5. The van der Waals surface area contributed by atoms with Crippen molar-refractivity contribution < 1.29 is 33.4 Å². The average Bonchev–Trinajstić information content (AvgIpc) is 3.23. The van der Waals surface area contributed by atoms with Crippen LogP contribution in [0.1, 0.15) is 240 Å². The van der Waals surface area contributed by atoms with E-state index in [1.54, 1.807) is 0 Å². The van der Waals surface area contributed by atoms with E-state index in [-0.39, 0.29) is 42.2 Å². The Labute approximate surface area is 368 Å². The number of esters is 3. The van der Waals surface area contributed by atoms with Crippen molar-refractivity contribution in [2.24, 2.45) is 28.3 Å². The van der Waals surface area contributed by atoms with Crippen LogP contribution in [0.4, 0.5) is 0 Å². The maximum Gasteiger partial charge on any atom is 0.325 e. The van der Waals surface area contributed by atoms with Gasteiger partial charge in [0, 0.05) is 13.0 Å². The lowest BCUT2D eigenvalue weighted by Crippen LogP contribution is -2.30. The zero-order valence-electron chi connectivity index (χ0n) is 39.8. The van der Waals surface area contributed by atoms with E-state index in [0.717, 1.165) is 89.9 Å². The summed E-state index contributed by atoms with van der Waals surface area (Å²) in [6.45, 7) is 12.5. The van der Waals surface area contributed by atoms with Crippen LogP contribution in [0.15, 0.2) is 4.99 Å². The van der Waals surface area contributed by atoms with Gasteiger partial charge in [0.25, 0.3) is 0 Å². The second-order valence-electron chi connectivity index (χ2n) is 16.7. The molecule has 0 radical (unpaired) electrons. The van der Waals surface area contributed by atoms with Crippen molar-refractivity contribution >= 4 is 29.8 Å². The number of nitrogens with two attached hydrogens (primary N) is 2. The Kier molecular flexibility index (Phi) is 46.6. The third-order valence-electron chi connectivity index (χ3n) is 10.9. The van der Waals surface area contributed by atoms with Crippen molar-refractivity contribution in [1.82, 2.24) is 5.32 Å². The molecule has 0 aliphatic carbocycles. The van der Waals surface area contributed by atoms with Gasteiger partial charge in [0.05, 0.1) is 31.7 Å². The fourth-order valence-corrected chi connectivity index (χ4v) is 7.12. The van der Waals surface area contributed by atoms with E-state index in [2.05, 4.69) is 38.0 Å². The highest BCUT2D eigenvalue weighted by molar-refractivity contribution is 5.81. The third kappa shape index (κ3) is 43.2. The Bertz CT molecular complexity index is 1020. The van der Waals surface area contributed by atoms with E-state index in [4.69, 9.17) is 25.7 Å². The van der Waals surface area contributed by atoms with Crippen molar-refractivity contribution in [3.8, 4) is 0 Å². The van der Waals surface area contributed by atoms with E-state index >= 15 is 0 Å². The van der Waals surface area contributed by atoms with Crippen LogP contribution in [0.5, 0.6) is 0 Å². The molecule has 0 heterocycles. The number of amides is 1. The Morgan fingerprint density at radius 3 is 1.15 bits per heavy atom. The minimum Gasteiger partial charge on any atom is -0.465 e. The molecule has 0 fully saturated rings. The molecule has 5 N–H and O–H groups in total. The normalized spacial score (nSPS) is 11.8. The van der Waals surface area contributed by atoms with Crippen LogP contribution >= 0.6 is 0 Å². The number of hydrogen-bond acceptors (Lipinski definition) is 8. The van der Waals surface area contributed by atoms with Crippen molar-refractivity contribution in [2.45, 2.75) is 240 Å². The van der Waals surface area contributed by atoms with Gasteiger partial charge in [-0.15, -0.1) is 0 Å². The molecule has 0 saturated carbocycles. The highest BCUT2D eigenvalue weighted by Gasteiger charge is 2.20. The van der Waals surface area contributed by atoms with E-state index < -0.39 is 5.97 Å². The maximum atomic E-state index is 12.8. The first-order valence-corrected chi connectivity index (χ1v) is 25.0. The monoisotopic (exact) mass is 853 g/mol. The fourth-order valence-electron chi connectivity index (χ4n) is 7.12. The Morgan fingerprint density at radius 2 is 0.783 bits per heavy atom. The molecule has 11 nitrogen and oxygen atoms in total. The van der Waals surface area contributed by atoms with E-state index in [9.17, 15) is 19.2 Å². The summed E-state index contributed by atoms with van der Waals surface area (Å²) in [5, 5.41) is 2.65. The predicted octanol–water partition coefficient (Wildman–Crippen LogP) is 11.8. The second-order valence-corrected chi connectivity index (χ2v) is 16.7. The smallest absolute Gasteiger partial charge is 0.325 e. The number of ether oxygens (including phenoxy) is 3. The molecular weight excluding hydrogens is 757 g/mol. The van der Waals surface area contributed by atoms with Crippen LogP contribution in [0.2, 0.25) is 0 Å². The SMILES string of the molecule is CCCCCCCCC(CCCCCC)C(=O)OCCCCCCOC(=O)CNC(=O)CCCCCOC(=O)C(CCCCCC)CCCCCCCC.CCN=C(N)N. The molecule has 0 spiro atoms. The number of carbonyl (C=O) groups excluding carboxylic acids is 4. The predicted molar refractivity (Wildman–Crippen MR) is 250 cm³/mol. The standard InChI is InChI=1S/C46H87NO7.C3H9N3/c1-5-9-13-17-19-26-34-41(32-24-15-11-7-3)45(50)53-38-30-22-21-29-37-52-44(49)40-47-43(48)36-28-23-31-39-54-46(51)42(33-25-16-12-8-4)35-27-20-18-14-10-6-2;1-2-6-3(4)5/h41-42H,5-40H2,1-4H3,(H,47,48);2H2,1H3,(H4,4,5,6). The summed E-state index contributed by atoms with van der Waals surface area (Å²) in [5.74, 6) is -0.453. The molecule has 0 aromatic heterocycles. The number of nitrogens with one attached hydrogen (secondary N) is 1. The van der Waals surface area contributed by atoms with Crippen LogP contribution in [0.25, 0.3) is 0 Å². The zero-order chi connectivity index (χ0) is 44.7. The number of carbonyl (C=O) groups is 4. The molecule has 11 heteroatoms. The topological polar surface area (TPSA) is 172 Å². The van der Waals surface area contributed by atoms with Gasteiger partial charge in [-0.05, 0) is 77.6 Å². The quantitative estimate of drug-likeness (QED) is 0.0178. The molecule has 0 aromatic carbocycles. The van der Waals surface area contributed by atoms with Gasteiger partial charge in [-0.2, -0.15) is 0 Å².